The van der Waals surface area contributed by atoms with Crippen LogP contribution in [0, 0.1) is 12.8 Å². The molecule has 1 aromatic rings. The smallest absolute Gasteiger partial charge is 0.135 e. The van der Waals surface area contributed by atoms with Crippen molar-refractivity contribution in [2.75, 3.05) is 0 Å². The number of unbranched alkanes of at least 4 members (excludes halogenated alkanes) is 2. The molecule has 1 saturated carbocycles. The number of furan rings is 1. The minimum atomic E-state index is -0.662. The quantitative estimate of drug-likeness (QED) is 0.769. The predicted molar refractivity (Wildman–Crippen MR) is 64.2 cm³/mol. The summed E-state index contributed by atoms with van der Waals surface area (Å²) < 4.78 is 5.51. The predicted octanol–water partition coefficient (Wildman–Crippen LogP) is 3.77. The standard InChI is InChI=1S/C14H22O2/c1-3-4-5-6-12-9-14(15,10-12)13-8-7-11(2)16-13/h7-8,12,15H,3-6,9-10H2,1-2H3. The maximum atomic E-state index is 10.3. The summed E-state index contributed by atoms with van der Waals surface area (Å²) in [6, 6.07) is 3.84. The Labute approximate surface area is 97.7 Å². The van der Waals surface area contributed by atoms with Gasteiger partial charge in [-0.15, -0.1) is 0 Å². The van der Waals surface area contributed by atoms with Gasteiger partial charge in [0.25, 0.3) is 0 Å². The second-order valence-electron chi connectivity index (χ2n) is 5.21. The zero-order valence-corrected chi connectivity index (χ0v) is 10.3. The van der Waals surface area contributed by atoms with Gasteiger partial charge in [0.1, 0.15) is 17.1 Å². The third-order valence-corrected chi connectivity index (χ3v) is 3.67. The maximum Gasteiger partial charge on any atom is 0.135 e. The first kappa shape index (κ1) is 11.7. The molecule has 1 aliphatic carbocycles. The SMILES string of the molecule is CCCCCC1CC(O)(c2ccc(C)o2)C1. The van der Waals surface area contributed by atoms with Crippen molar-refractivity contribution in [1.82, 2.24) is 0 Å². The summed E-state index contributed by atoms with van der Waals surface area (Å²) in [7, 11) is 0. The van der Waals surface area contributed by atoms with Crippen molar-refractivity contribution in [3.05, 3.63) is 23.7 Å². The Balaban J connectivity index is 1.81. The van der Waals surface area contributed by atoms with Gasteiger partial charge in [-0.05, 0) is 37.8 Å². The highest BCUT2D eigenvalue weighted by Crippen LogP contribution is 2.48. The third kappa shape index (κ3) is 2.32. The first-order valence-corrected chi connectivity index (χ1v) is 6.43. The second-order valence-corrected chi connectivity index (χ2v) is 5.21. The van der Waals surface area contributed by atoms with E-state index in [1.165, 1.54) is 25.7 Å². The van der Waals surface area contributed by atoms with E-state index in [0.29, 0.717) is 5.92 Å². The molecule has 2 nitrogen and oxygen atoms in total. The molecule has 0 spiro atoms. The highest BCUT2D eigenvalue weighted by molar-refractivity contribution is 5.17. The summed E-state index contributed by atoms with van der Waals surface area (Å²) in [5.41, 5.74) is -0.662. The van der Waals surface area contributed by atoms with Crippen LogP contribution in [0.5, 0.6) is 0 Å². The molecule has 1 heterocycles. The number of aryl methyl sites for hydroxylation is 1. The lowest BCUT2D eigenvalue weighted by molar-refractivity contribution is -0.0977. The number of hydrogen-bond donors (Lipinski definition) is 1. The Morgan fingerprint density at radius 2 is 2.12 bits per heavy atom. The first-order valence-electron chi connectivity index (χ1n) is 6.43. The molecule has 1 aliphatic rings. The van der Waals surface area contributed by atoms with Crippen molar-refractivity contribution in [2.45, 2.75) is 58.0 Å². The van der Waals surface area contributed by atoms with Gasteiger partial charge in [-0.3, -0.25) is 0 Å². The van der Waals surface area contributed by atoms with Gasteiger partial charge >= 0.3 is 0 Å². The average molecular weight is 222 g/mol. The molecule has 0 aliphatic heterocycles. The fourth-order valence-electron chi connectivity index (χ4n) is 2.67. The van der Waals surface area contributed by atoms with Gasteiger partial charge in [0.15, 0.2) is 0 Å². The van der Waals surface area contributed by atoms with Crippen LogP contribution in [0.3, 0.4) is 0 Å². The normalized spacial score (nSPS) is 29.1. The molecule has 90 valence electrons. The van der Waals surface area contributed by atoms with Crippen molar-refractivity contribution < 1.29 is 9.52 Å². The van der Waals surface area contributed by atoms with Crippen molar-refractivity contribution in [1.29, 1.82) is 0 Å². The molecule has 16 heavy (non-hydrogen) atoms. The molecule has 0 radical (unpaired) electrons. The van der Waals surface area contributed by atoms with Gasteiger partial charge in [0.05, 0.1) is 0 Å². The van der Waals surface area contributed by atoms with Crippen LogP contribution in [0.15, 0.2) is 16.5 Å². The lowest BCUT2D eigenvalue weighted by atomic mass is 9.68. The lowest BCUT2D eigenvalue weighted by Crippen LogP contribution is -2.40. The van der Waals surface area contributed by atoms with Gasteiger partial charge in [-0.2, -0.15) is 0 Å². The zero-order chi connectivity index (χ0) is 11.6. The van der Waals surface area contributed by atoms with E-state index in [4.69, 9.17) is 4.42 Å². The molecule has 1 aromatic heterocycles. The van der Waals surface area contributed by atoms with Crippen molar-refractivity contribution in [2.24, 2.45) is 5.92 Å². The van der Waals surface area contributed by atoms with Gasteiger partial charge < -0.3 is 9.52 Å². The average Bonchev–Trinajstić information content (AvgIpc) is 2.62. The van der Waals surface area contributed by atoms with Crippen LogP contribution in [0.2, 0.25) is 0 Å². The molecule has 0 atom stereocenters. The van der Waals surface area contributed by atoms with Crippen LogP contribution in [-0.2, 0) is 5.60 Å². The second kappa shape index (κ2) is 4.62. The summed E-state index contributed by atoms with van der Waals surface area (Å²) in [6.07, 6.45) is 6.90. The number of aliphatic hydroxyl groups is 1. The molecule has 2 heteroatoms. The summed E-state index contributed by atoms with van der Waals surface area (Å²) in [6.45, 7) is 4.15. The molecule has 1 fully saturated rings. The summed E-state index contributed by atoms with van der Waals surface area (Å²) >= 11 is 0. The summed E-state index contributed by atoms with van der Waals surface area (Å²) in [5, 5.41) is 10.3. The zero-order valence-electron chi connectivity index (χ0n) is 10.3. The van der Waals surface area contributed by atoms with Crippen LogP contribution < -0.4 is 0 Å². The maximum absolute atomic E-state index is 10.3. The van der Waals surface area contributed by atoms with Crippen LogP contribution >= 0.6 is 0 Å². The lowest BCUT2D eigenvalue weighted by Gasteiger charge is -2.42. The van der Waals surface area contributed by atoms with E-state index in [9.17, 15) is 5.11 Å². The van der Waals surface area contributed by atoms with Crippen LogP contribution in [0.1, 0.15) is 57.0 Å². The molecule has 1 N–H and O–H groups in total. The highest BCUT2D eigenvalue weighted by Gasteiger charge is 2.45. The Morgan fingerprint density at radius 1 is 1.38 bits per heavy atom. The van der Waals surface area contributed by atoms with E-state index in [1.54, 1.807) is 0 Å². The first-order chi connectivity index (χ1) is 7.64. The molecule has 0 amide bonds. The van der Waals surface area contributed by atoms with E-state index in [0.717, 1.165) is 24.4 Å². The van der Waals surface area contributed by atoms with Crippen LogP contribution in [0.4, 0.5) is 0 Å². The topological polar surface area (TPSA) is 33.4 Å². The monoisotopic (exact) mass is 222 g/mol. The summed E-state index contributed by atoms with van der Waals surface area (Å²) in [4.78, 5) is 0. The number of hydrogen-bond acceptors (Lipinski definition) is 2. The summed E-state index contributed by atoms with van der Waals surface area (Å²) in [5.74, 6) is 2.34. The highest BCUT2D eigenvalue weighted by atomic mass is 16.4. The van der Waals surface area contributed by atoms with Crippen LogP contribution in [-0.4, -0.2) is 5.11 Å². The number of rotatable bonds is 5. The van der Waals surface area contributed by atoms with E-state index < -0.39 is 5.60 Å². The van der Waals surface area contributed by atoms with Crippen molar-refractivity contribution in [3.8, 4) is 0 Å². The Hall–Kier alpha value is -0.760. The molecular weight excluding hydrogens is 200 g/mol. The van der Waals surface area contributed by atoms with Crippen molar-refractivity contribution >= 4 is 0 Å². The van der Waals surface area contributed by atoms with E-state index in [1.807, 2.05) is 19.1 Å². The fourth-order valence-corrected chi connectivity index (χ4v) is 2.67. The van der Waals surface area contributed by atoms with E-state index >= 15 is 0 Å². The Morgan fingerprint density at radius 3 is 2.69 bits per heavy atom. The van der Waals surface area contributed by atoms with Gasteiger partial charge in [0, 0.05) is 0 Å². The van der Waals surface area contributed by atoms with Gasteiger partial charge in [-0.1, -0.05) is 32.6 Å². The van der Waals surface area contributed by atoms with Gasteiger partial charge in [-0.25, -0.2) is 0 Å². The van der Waals surface area contributed by atoms with E-state index in [2.05, 4.69) is 6.92 Å². The molecule has 2 rings (SSSR count). The minimum absolute atomic E-state index is 0.662. The van der Waals surface area contributed by atoms with Crippen molar-refractivity contribution in [3.63, 3.8) is 0 Å². The molecule has 0 aromatic carbocycles. The minimum Gasteiger partial charge on any atom is -0.463 e. The molecule has 0 unspecified atom stereocenters. The third-order valence-electron chi connectivity index (χ3n) is 3.67. The fraction of sp³-hybridized carbons (Fsp3) is 0.714. The molecule has 0 saturated heterocycles. The molecular formula is C14H22O2. The molecule has 0 bridgehead atoms. The van der Waals surface area contributed by atoms with Crippen LogP contribution in [0.25, 0.3) is 0 Å². The Kier molecular flexibility index (Phi) is 3.38. The Bertz CT molecular complexity index is 334. The largest absolute Gasteiger partial charge is 0.463 e. The van der Waals surface area contributed by atoms with E-state index in [-0.39, 0.29) is 0 Å². The van der Waals surface area contributed by atoms with Gasteiger partial charge in [0.2, 0.25) is 0 Å².